The summed E-state index contributed by atoms with van der Waals surface area (Å²) >= 11 is 0. The van der Waals surface area contributed by atoms with Crippen LogP contribution in [0.4, 0.5) is 0 Å². The van der Waals surface area contributed by atoms with Gasteiger partial charge in [-0.2, -0.15) is 0 Å². The summed E-state index contributed by atoms with van der Waals surface area (Å²) in [6.45, 7) is 8.17. The molecule has 1 N–H and O–H groups in total. The minimum absolute atomic E-state index is 0.258. The van der Waals surface area contributed by atoms with Crippen molar-refractivity contribution < 1.29 is 13.7 Å². The highest BCUT2D eigenvalue weighted by molar-refractivity contribution is 7.84. The van der Waals surface area contributed by atoms with Crippen LogP contribution in [0.2, 0.25) is 0 Å². The molecule has 0 amide bonds. The topological polar surface area (TPSA) is 55.4 Å². The van der Waals surface area contributed by atoms with Crippen LogP contribution in [0.15, 0.2) is 0 Å². The molecule has 0 rings (SSSR count). The minimum atomic E-state index is -1.12. The largest absolute Gasteiger partial charge is 0.466 e. The lowest BCUT2D eigenvalue weighted by molar-refractivity contribution is -0.142. The van der Waals surface area contributed by atoms with E-state index >= 15 is 0 Å². The van der Waals surface area contributed by atoms with Crippen LogP contribution in [0, 0.1) is 0 Å². The summed E-state index contributed by atoms with van der Waals surface area (Å²) in [5.41, 5.74) is 0. The quantitative estimate of drug-likeness (QED) is 0.704. The summed E-state index contributed by atoms with van der Waals surface area (Å²) in [7, 11) is -1.12. The van der Waals surface area contributed by atoms with E-state index in [0.29, 0.717) is 13.2 Å². The van der Waals surface area contributed by atoms with Gasteiger partial charge in [-0.3, -0.25) is 4.79 Å². The van der Waals surface area contributed by atoms with E-state index in [4.69, 9.17) is 4.74 Å². The van der Waals surface area contributed by atoms with Crippen LogP contribution < -0.4 is 4.72 Å². The Morgan fingerprint density at radius 3 is 2.43 bits per heavy atom. The molecule has 0 bridgehead atoms. The third kappa shape index (κ3) is 6.10. The van der Waals surface area contributed by atoms with E-state index in [1.807, 2.05) is 20.8 Å². The van der Waals surface area contributed by atoms with Gasteiger partial charge in [-0.25, -0.2) is 8.93 Å². The van der Waals surface area contributed by atoms with Crippen LogP contribution in [0.25, 0.3) is 0 Å². The second-order valence-electron chi connectivity index (χ2n) is 3.83. The van der Waals surface area contributed by atoms with Gasteiger partial charge in [-0.15, -0.1) is 0 Å². The lowest BCUT2D eigenvalue weighted by Gasteiger charge is -2.17. The zero-order chi connectivity index (χ0) is 11.2. The molecule has 0 aliphatic heterocycles. The molecule has 0 spiro atoms. The molecule has 0 aromatic rings. The first-order valence-corrected chi connectivity index (χ1v) is 5.84. The van der Waals surface area contributed by atoms with Crippen molar-refractivity contribution in [1.29, 1.82) is 0 Å². The van der Waals surface area contributed by atoms with E-state index in [0.717, 1.165) is 0 Å². The zero-order valence-corrected chi connectivity index (χ0v) is 10.1. The molecule has 1 unspecified atom stereocenters. The van der Waals surface area contributed by atoms with E-state index in [2.05, 4.69) is 4.72 Å². The second kappa shape index (κ2) is 6.14. The van der Waals surface area contributed by atoms with Crippen molar-refractivity contribution in [2.45, 2.75) is 38.9 Å². The summed E-state index contributed by atoms with van der Waals surface area (Å²) in [5, 5.41) is 0. The van der Waals surface area contributed by atoms with Crippen LogP contribution in [0.3, 0.4) is 0 Å². The summed E-state index contributed by atoms with van der Waals surface area (Å²) in [5.74, 6) is -0.258. The summed E-state index contributed by atoms with van der Waals surface area (Å²) in [4.78, 5) is 10.9. The maximum atomic E-state index is 11.5. The molecule has 0 heterocycles. The van der Waals surface area contributed by atoms with Crippen LogP contribution in [-0.4, -0.2) is 28.1 Å². The molecule has 84 valence electrons. The predicted octanol–water partition coefficient (Wildman–Crippen LogP) is 0.991. The zero-order valence-electron chi connectivity index (χ0n) is 9.25. The van der Waals surface area contributed by atoms with Gasteiger partial charge < -0.3 is 4.74 Å². The van der Waals surface area contributed by atoms with E-state index in [9.17, 15) is 9.00 Å². The third-order valence-electron chi connectivity index (χ3n) is 1.42. The normalized spacial score (nSPS) is 13.7. The maximum absolute atomic E-state index is 11.5. The lowest BCUT2D eigenvalue weighted by Crippen LogP contribution is -2.34. The second-order valence-corrected chi connectivity index (χ2v) is 5.88. The first-order chi connectivity index (χ1) is 6.38. The fourth-order valence-corrected chi connectivity index (χ4v) is 1.42. The first-order valence-electron chi connectivity index (χ1n) is 4.69. The molecular formula is C9H19NO3S. The van der Waals surface area contributed by atoms with Gasteiger partial charge in [0.1, 0.15) is 0 Å². The monoisotopic (exact) mass is 221 g/mol. The standard InChI is InChI=1S/C9H19NO3S/c1-5-13-8(11)6-7-10-14(12)9(2,3)4/h10H,5-7H2,1-4H3. The van der Waals surface area contributed by atoms with Crippen LogP contribution in [-0.2, 0) is 20.5 Å². The van der Waals surface area contributed by atoms with E-state index in [1.165, 1.54) is 0 Å². The Balaban J connectivity index is 3.65. The van der Waals surface area contributed by atoms with Crippen molar-refractivity contribution in [1.82, 2.24) is 4.72 Å². The average molecular weight is 221 g/mol. The molecular weight excluding hydrogens is 202 g/mol. The molecule has 0 aromatic carbocycles. The van der Waals surface area contributed by atoms with Gasteiger partial charge in [0.2, 0.25) is 0 Å². The molecule has 4 nitrogen and oxygen atoms in total. The minimum Gasteiger partial charge on any atom is -0.466 e. The first kappa shape index (κ1) is 13.6. The molecule has 0 radical (unpaired) electrons. The van der Waals surface area contributed by atoms with Gasteiger partial charge in [-0.1, -0.05) is 0 Å². The van der Waals surface area contributed by atoms with Crippen molar-refractivity contribution in [3.05, 3.63) is 0 Å². The molecule has 0 saturated heterocycles. The van der Waals surface area contributed by atoms with Crippen molar-refractivity contribution in [3.8, 4) is 0 Å². The van der Waals surface area contributed by atoms with Gasteiger partial charge >= 0.3 is 5.97 Å². The molecule has 0 aliphatic carbocycles. The highest BCUT2D eigenvalue weighted by atomic mass is 32.2. The molecule has 0 aliphatic rings. The Hall–Kier alpha value is -0.420. The van der Waals surface area contributed by atoms with Crippen molar-refractivity contribution in [2.75, 3.05) is 13.2 Å². The molecule has 1 atom stereocenters. The number of hydrogen-bond acceptors (Lipinski definition) is 3. The Labute approximate surface area is 88.0 Å². The predicted molar refractivity (Wildman–Crippen MR) is 57.1 cm³/mol. The third-order valence-corrected chi connectivity index (χ3v) is 3.00. The lowest BCUT2D eigenvalue weighted by atomic mass is 10.3. The summed E-state index contributed by atoms with van der Waals surface area (Å²) in [6, 6.07) is 0. The number of nitrogens with one attached hydrogen (secondary N) is 1. The number of rotatable bonds is 5. The van der Waals surface area contributed by atoms with Gasteiger partial charge in [0.15, 0.2) is 0 Å². The molecule has 14 heavy (non-hydrogen) atoms. The fourth-order valence-electron chi connectivity index (χ4n) is 0.695. The number of esters is 1. The Morgan fingerprint density at radius 2 is 2.00 bits per heavy atom. The Kier molecular flexibility index (Phi) is 5.95. The Morgan fingerprint density at radius 1 is 1.43 bits per heavy atom. The van der Waals surface area contributed by atoms with Gasteiger partial charge in [0.25, 0.3) is 0 Å². The van der Waals surface area contributed by atoms with Crippen molar-refractivity contribution in [2.24, 2.45) is 0 Å². The van der Waals surface area contributed by atoms with Crippen LogP contribution in [0.1, 0.15) is 34.1 Å². The van der Waals surface area contributed by atoms with Gasteiger partial charge in [0, 0.05) is 6.54 Å². The van der Waals surface area contributed by atoms with E-state index < -0.39 is 11.0 Å². The molecule has 0 fully saturated rings. The molecule has 5 heteroatoms. The molecule has 0 aromatic heterocycles. The average Bonchev–Trinajstić information content (AvgIpc) is 2.02. The van der Waals surface area contributed by atoms with E-state index in [1.54, 1.807) is 6.92 Å². The molecule has 0 saturated carbocycles. The van der Waals surface area contributed by atoms with Crippen molar-refractivity contribution in [3.63, 3.8) is 0 Å². The summed E-state index contributed by atoms with van der Waals surface area (Å²) < 4.78 is 18.7. The number of ether oxygens (including phenoxy) is 1. The van der Waals surface area contributed by atoms with E-state index in [-0.39, 0.29) is 17.1 Å². The summed E-state index contributed by atoms with van der Waals surface area (Å²) in [6.07, 6.45) is 0.260. The smallest absolute Gasteiger partial charge is 0.307 e. The highest BCUT2D eigenvalue weighted by Crippen LogP contribution is 2.08. The van der Waals surface area contributed by atoms with Crippen LogP contribution in [0.5, 0.6) is 0 Å². The number of hydrogen-bond donors (Lipinski definition) is 1. The van der Waals surface area contributed by atoms with Gasteiger partial charge in [-0.05, 0) is 27.7 Å². The number of carbonyl (C=O) groups excluding carboxylic acids is 1. The fraction of sp³-hybridized carbons (Fsp3) is 0.889. The highest BCUT2D eigenvalue weighted by Gasteiger charge is 2.18. The van der Waals surface area contributed by atoms with Gasteiger partial charge in [0.05, 0.1) is 28.8 Å². The Bertz CT molecular complexity index is 211. The van der Waals surface area contributed by atoms with Crippen LogP contribution >= 0.6 is 0 Å². The number of carbonyl (C=O) groups is 1. The maximum Gasteiger partial charge on any atom is 0.307 e. The SMILES string of the molecule is CCOC(=O)CCNS(=O)C(C)(C)C. The van der Waals surface area contributed by atoms with Crippen molar-refractivity contribution >= 4 is 17.0 Å².